The second-order valence-electron chi connectivity index (χ2n) is 9.73. The van der Waals surface area contributed by atoms with Crippen molar-refractivity contribution in [3.63, 3.8) is 0 Å². The van der Waals surface area contributed by atoms with Crippen LogP contribution < -0.4 is 0 Å². The topological polar surface area (TPSA) is 40.6 Å². The molecule has 0 atom stereocenters. The Kier molecular flexibility index (Phi) is 10.7. The molecule has 3 rings (SSSR count). The van der Waals surface area contributed by atoms with Crippen molar-refractivity contribution in [2.45, 2.75) is 72.6 Å². The Morgan fingerprint density at radius 2 is 1.03 bits per heavy atom. The molecule has 0 unspecified atom stereocenters. The van der Waals surface area contributed by atoms with Crippen LogP contribution in [-0.2, 0) is 6.42 Å². The average molecular weight is 477 g/mol. The number of Topliss-reactive ketones (excluding diaryl/α,β-unsaturated/α-hetero) is 2. The molecule has 0 N–H and O–H groups in total. The normalized spacial score (nSPS) is 12.3. The predicted octanol–water partition coefficient (Wildman–Crippen LogP) is 6.65. The SMILES string of the molecule is CCN(CC)CCCCC(=O)c1ccc2c(c1)Cc1cc(C(=O)CCCCN(CC)CC)ccc1-2. The monoisotopic (exact) mass is 476 g/mol. The summed E-state index contributed by atoms with van der Waals surface area (Å²) in [6.07, 6.45) is 6.03. The molecule has 0 spiro atoms. The van der Waals surface area contributed by atoms with E-state index in [1.807, 2.05) is 12.1 Å². The Hall–Kier alpha value is -2.30. The third-order valence-electron chi connectivity index (χ3n) is 7.57. The highest BCUT2D eigenvalue weighted by molar-refractivity contribution is 5.99. The number of nitrogens with zero attached hydrogens (tertiary/aromatic N) is 2. The average Bonchev–Trinajstić information content (AvgIpc) is 3.25. The smallest absolute Gasteiger partial charge is 0.162 e. The molecule has 4 heteroatoms. The first-order chi connectivity index (χ1) is 17.0. The summed E-state index contributed by atoms with van der Waals surface area (Å²) >= 11 is 0. The number of carbonyl (C=O) groups excluding carboxylic acids is 2. The summed E-state index contributed by atoms with van der Waals surface area (Å²) in [4.78, 5) is 30.4. The van der Waals surface area contributed by atoms with E-state index in [4.69, 9.17) is 0 Å². The van der Waals surface area contributed by atoms with Gasteiger partial charge in [-0.15, -0.1) is 0 Å². The van der Waals surface area contributed by atoms with Crippen LogP contribution in [0.1, 0.15) is 98.1 Å². The number of unbranched alkanes of at least 4 members (excludes halogenated alkanes) is 2. The second-order valence-corrected chi connectivity index (χ2v) is 9.73. The maximum absolute atomic E-state index is 12.8. The van der Waals surface area contributed by atoms with Crippen molar-refractivity contribution < 1.29 is 9.59 Å². The van der Waals surface area contributed by atoms with E-state index in [0.29, 0.717) is 12.8 Å². The predicted molar refractivity (Wildman–Crippen MR) is 147 cm³/mol. The van der Waals surface area contributed by atoms with Crippen molar-refractivity contribution in [2.75, 3.05) is 39.3 Å². The van der Waals surface area contributed by atoms with Gasteiger partial charge in [-0.05, 0) is 106 Å². The van der Waals surface area contributed by atoms with Crippen LogP contribution in [0.3, 0.4) is 0 Å². The van der Waals surface area contributed by atoms with Gasteiger partial charge in [0.05, 0.1) is 0 Å². The lowest BCUT2D eigenvalue weighted by Gasteiger charge is -2.17. The van der Waals surface area contributed by atoms with Crippen LogP contribution in [0.5, 0.6) is 0 Å². The maximum Gasteiger partial charge on any atom is 0.162 e. The minimum absolute atomic E-state index is 0.240. The molecule has 0 bridgehead atoms. The van der Waals surface area contributed by atoms with Gasteiger partial charge >= 0.3 is 0 Å². The lowest BCUT2D eigenvalue weighted by molar-refractivity contribution is 0.0970. The van der Waals surface area contributed by atoms with E-state index in [-0.39, 0.29) is 11.6 Å². The van der Waals surface area contributed by atoms with Crippen molar-refractivity contribution in [1.29, 1.82) is 0 Å². The largest absolute Gasteiger partial charge is 0.304 e. The first-order valence-electron chi connectivity index (χ1n) is 13.8. The van der Waals surface area contributed by atoms with Gasteiger partial charge in [-0.25, -0.2) is 0 Å². The molecule has 2 aromatic rings. The molecule has 0 radical (unpaired) electrons. The fourth-order valence-electron chi connectivity index (χ4n) is 5.17. The summed E-state index contributed by atoms with van der Waals surface area (Å²) in [6.45, 7) is 15.1. The van der Waals surface area contributed by atoms with E-state index in [1.54, 1.807) is 0 Å². The highest BCUT2D eigenvalue weighted by atomic mass is 16.1. The molecule has 0 heterocycles. The van der Waals surface area contributed by atoms with Gasteiger partial charge in [0.1, 0.15) is 0 Å². The van der Waals surface area contributed by atoms with Gasteiger partial charge < -0.3 is 9.80 Å². The summed E-state index contributed by atoms with van der Waals surface area (Å²) in [5.41, 5.74) is 6.47. The van der Waals surface area contributed by atoms with Crippen molar-refractivity contribution in [2.24, 2.45) is 0 Å². The Morgan fingerprint density at radius 1 is 0.629 bits per heavy atom. The fourth-order valence-corrected chi connectivity index (χ4v) is 5.17. The highest BCUT2D eigenvalue weighted by Gasteiger charge is 2.21. The number of benzene rings is 2. The maximum atomic E-state index is 12.8. The van der Waals surface area contributed by atoms with Crippen molar-refractivity contribution in [3.8, 4) is 11.1 Å². The fraction of sp³-hybridized carbons (Fsp3) is 0.548. The lowest BCUT2D eigenvalue weighted by atomic mass is 9.98. The summed E-state index contributed by atoms with van der Waals surface area (Å²) in [7, 11) is 0. The van der Waals surface area contributed by atoms with Crippen molar-refractivity contribution in [1.82, 2.24) is 9.80 Å². The summed E-state index contributed by atoms with van der Waals surface area (Å²) in [5.74, 6) is 0.479. The summed E-state index contributed by atoms with van der Waals surface area (Å²) in [5, 5.41) is 0. The van der Waals surface area contributed by atoms with Gasteiger partial charge in [-0.2, -0.15) is 0 Å². The second kappa shape index (κ2) is 13.7. The molecule has 4 nitrogen and oxygen atoms in total. The van der Waals surface area contributed by atoms with E-state index in [2.05, 4.69) is 61.8 Å². The Bertz CT molecular complexity index is 910. The zero-order valence-electron chi connectivity index (χ0n) is 22.4. The number of ketones is 2. The standard InChI is InChI=1S/C31H44N2O2/c1-5-32(6-2)19-11-9-13-30(34)24-15-17-28-26(21-24)23-27-22-25(16-18-29(27)28)31(35)14-10-12-20-33(7-3)8-4/h15-18,21-22H,5-14,19-20,23H2,1-4H3. The van der Waals surface area contributed by atoms with E-state index >= 15 is 0 Å². The Labute approximate surface area is 212 Å². The molecule has 190 valence electrons. The molecule has 2 aromatic carbocycles. The molecule has 0 aromatic heterocycles. The lowest BCUT2D eigenvalue weighted by Crippen LogP contribution is -2.24. The minimum atomic E-state index is 0.240. The molecule has 0 fully saturated rings. The van der Waals surface area contributed by atoms with E-state index < -0.39 is 0 Å². The Morgan fingerprint density at radius 3 is 1.40 bits per heavy atom. The van der Waals surface area contributed by atoms with Crippen molar-refractivity contribution in [3.05, 3.63) is 58.7 Å². The Balaban J connectivity index is 1.54. The van der Waals surface area contributed by atoms with Crippen LogP contribution in [0.4, 0.5) is 0 Å². The van der Waals surface area contributed by atoms with Crippen LogP contribution in [0.2, 0.25) is 0 Å². The molecule has 0 amide bonds. The van der Waals surface area contributed by atoms with E-state index in [0.717, 1.165) is 82.5 Å². The summed E-state index contributed by atoms with van der Waals surface area (Å²) in [6, 6.07) is 12.3. The molecule has 0 saturated heterocycles. The van der Waals surface area contributed by atoms with E-state index in [9.17, 15) is 9.59 Å². The third kappa shape index (κ3) is 7.35. The molecular formula is C31H44N2O2. The number of fused-ring (bicyclic) bond motifs is 3. The van der Waals surface area contributed by atoms with Crippen LogP contribution >= 0.6 is 0 Å². The van der Waals surface area contributed by atoms with E-state index in [1.165, 1.54) is 22.3 Å². The van der Waals surface area contributed by atoms with Crippen LogP contribution in [0.15, 0.2) is 36.4 Å². The van der Waals surface area contributed by atoms with Gasteiger partial charge in [-0.3, -0.25) is 9.59 Å². The molecule has 35 heavy (non-hydrogen) atoms. The highest BCUT2D eigenvalue weighted by Crippen LogP contribution is 2.38. The van der Waals surface area contributed by atoms with Crippen molar-refractivity contribution >= 4 is 11.6 Å². The quantitative estimate of drug-likeness (QED) is 0.171. The van der Waals surface area contributed by atoms with Gasteiger partial charge in [0.15, 0.2) is 11.6 Å². The first kappa shape index (κ1) is 27.3. The van der Waals surface area contributed by atoms with Crippen LogP contribution in [0, 0.1) is 0 Å². The molecule has 0 aliphatic heterocycles. The zero-order chi connectivity index (χ0) is 25.2. The molecule has 0 saturated carbocycles. The van der Waals surface area contributed by atoms with Crippen LogP contribution in [-0.4, -0.2) is 60.6 Å². The van der Waals surface area contributed by atoms with Gasteiger partial charge in [0.2, 0.25) is 0 Å². The van der Waals surface area contributed by atoms with Gasteiger partial charge in [0, 0.05) is 24.0 Å². The number of hydrogen-bond donors (Lipinski definition) is 0. The van der Waals surface area contributed by atoms with Gasteiger partial charge in [0.25, 0.3) is 0 Å². The number of rotatable bonds is 16. The zero-order valence-corrected chi connectivity index (χ0v) is 22.4. The van der Waals surface area contributed by atoms with Gasteiger partial charge in [-0.1, -0.05) is 52.0 Å². The first-order valence-corrected chi connectivity index (χ1v) is 13.8. The number of carbonyl (C=O) groups is 2. The molecule has 1 aliphatic carbocycles. The number of hydrogen-bond acceptors (Lipinski definition) is 4. The van der Waals surface area contributed by atoms with Crippen LogP contribution in [0.25, 0.3) is 11.1 Å². The minimum Gasteiger partial charge on any atom is -0.304 e. The summed E-state index contributed by atoms with van der Waals surface area (Å²) < 4.78 is 0. The third-order valence-corrected chi connectivity index (χ3v) is 7.57. The molecular weight excluding hydrogens is 432 g/mol. The molecule has 1 aliphatic rings.